The summed E-state index contributed by atoms with van der Waals surface area (Å²) in [4.78, 5) is 17.9. The number of rotatable bonds is 6. The number of halogens is 3. The topological polar surface area (TPSA) is 41.4 Å². The number of nitrogens with zero attached hydrogens (tertiary/aromatic N) is 4. The number of hydrogen-bond donors (Lipinski definition) is 0. The van der Waals surface area contributed by atoms with Crippen molar-refractivity contribution in [2.75, 3.05) is 26.2 Å². The van der Waals surface area contributed by atoms with Gasteiger partial charge in [-0.2, -0.15) is 5.10 Å². The second-order valence-corrected chi connectivity index (χ2v) is 10.3. The van der Waals surface area contributed by atoms with Gasteiger partial charge in [0.05, 0.1) is 23.1 Å². The van der Waals surface area contributed by atoms with E-state index in [-0.39, 0.29) is 23.5 Å². The summed E-state index contributed by atoms with van der Waals surface area (Å²) in [7, 11) is 0. The molecule has 0 unspecified atom stereocenters. The summed E-state index contributed by atoms with van der Waals surface area (Å²) in [6.45, 7) is 6.03. The monoisotopic (exact) mass is 512 g/mol. The number of likely N-dealkylation sites (tertiary alicyclic amines) is 2. The van der Waals surface area contributed by atoms with Crippen LogP contribution in [0.15, 0.2) is 48.7 Å². The number of piperidine rings is 1. The molecule has 0 N–H and O–H groups in total. The Morgan fingerprint density at radius 1 is 1.03 bits per heavy atom. The molecule has 0 bridgehead atoms. The van der Waals surface area contributed by atoms with Gasteiger partial charge in [0.2, 0.25) is 0 Å². The molecule has 2 fully saturated rings. The fourth-order valence-electron chi connectivity index (χ4n) is 5.48. The molecule has 0 spiro atoms. The molecule has 2 aromatic carbocycles. The van der Waals surface area contributed by atoms with Gasteiger partial charge in [-0.15, -0.1) is 0 Å². The highest BCUT2D eigenvalue weighted by Gasteiger charge is 2.33. The molecule has 2 aliphatic heterocycles. The lowest BCUT2D eigenvalue weighted by molar-refractivity contribution is 0.0784. The van der Waals surface area contributed by atoms with Crippen LogP contribution < -0.4 is 0 Å². The molecule has 1 aromatic heterocycles. The fraction of sp³-hybridized carbons (Fsp3) is 0.429. The van der Waals surface area contributed by atoms with Gasteiger partial charge in [-0.1, -0.05) is 31.0 Å². The second-order valence-electron chi connectivity index (χ2n) is 9.93. The van der Waals surface area contributed by atoms with Gasteiger partial charge in [-0.3, -0.25) is 9.69 Å². The molecule has 36 heavy (non-hydrogen) atoms. The molecule has 3 heterocycles. The molecular formula is C28H31ClF2N4O. The predicted molar refractivity (Wildman–Crippen MR) is 136 cm³/mol. The van der Waals surface area contributed by atoms with Crippen LogP contribution in [-0.4, -0.2) is 51.7 Å². The highest BCUT2D eigenvalue weighted by Crippen LogP contribution is 2.34. The van der Waals surface area contributed by atoms with E-state index in [0.717, 1.165) is 68.8 Å². The molecule has 5 rings (SSSR count). The summed E-state index contributed by atoms with van der Waals surface area (Å²) < 4.78 is 28.9. The van der Waals surface area contributed by atoms with E-state index in [1.54, 1.807) is 24.4 Å². The van der Waals surface area contributed by atoms with Crippen LogP contribution in [0, 0.1) is 17.6 Å². The molecule has 1 amide bonds. The SMILES string of the molecule is CC[C@H]1CCN(C(=O)c2cnn(-c3ccc(F)cc3)c2C2CCN(Cc3ccc(F)cc3Cl)CC2)C1. The maximum Gasteiger partial charge on any atom is 0.257 e. The van der Waals surface area contributed by atoms with Gasteiger partial charge in [0.25, 0.3) is 5.91 Å². The minimum absolute atomic E-state index is 0.0369. The van der Waals surface area contributed by atoms with Crippen molar-refractivity contribution in [3.8, 4) is 5.69 Å². The quantitative estimate of drug-likeness (QED) is 0.403. The summed E-state index contributed by atoms with van der Waals surface area (Å²) in [5, 5.41) is 5.05. The Bertz CT molecular complexity index is 1220. The first kappa shape index (κ1) is 24.9. The van der Waals surface area contributed by atoms with Gasteiger partial charge in [0.15, 0.2) is 0 Å². The highest BCUT2D eigenvalue weighted by molar-refractivity contribution is 6.31. The Labute approximate surface area is 215 Å². The number of aromatic nitrogens is 2. The Morgan fingerprint density at radius 3 is 2.42 bits per heavy atom. The van der Waals surface area contributed by atoms with Crippen molar-refractivity contribution in [2.24, 2.45) is 5.92 Å². The maximum absolute atomic E-state index is 13.6. The van der Waals surface area contributed by atoms with Crippen molar-refractivity contribution >= 4 is 17.5 Å². The van der Waals surface area contributed by atoms with E-state index in [9.17, 15) is 13.6 Å². The molecule has 8 heteroatoms. The maximum atomic E-state index is 13.6. The lowest BCUT2D eigenvalue weighted by atomic mass is 9.90. The van der Waals surface area contributed by atoms with Gasteiger partial charge < -0.3 is 4.90 Å². The van der Waals surface area contributed by atoms with Crippen molar-refractivity contribution in [3.63, 3.8) is 0 Å². The normalized spacial score (nSPS) is 19.2. The minimum Gasteiger partial charge on any atom is -0.338 e. The molecule has 2 aliphatic rings. The fourth-order valence-corrected chi connectivity index (χ4v) is 5.71. The second kappa shape index (κ2) is 10.7. The van der Waals surface area contributed by atoms with Crippen molar-refractivity contribution in [1.29, 1.82) is 0 Å². The molecule has 3 aromatic rings. The van der Waals surface area contributed by atoms with Crippen LogP contribution in [-0.2, 0) is 6.54 Å². The summed E-state index contributed by atoms with van der Waals surface area (Å²) in [5.41, 5.74) is 3.21. The molecule has 190 valence electrons. The smallest absolute Gasteiger partial charge is 0.257 e. The van der Waals surface area contributed by atoms with Crippen molar-refractivity contribution in [1.82, 2.24) is 19.6 Å². The third-order valence-corrected chi connectivity index (χ3v) is 7.99. The van der Waals surface area contributed by atoms with Gasteiger partial charge in [-0.25, -0.2) is 13.5 Å². The van der Waals surface area contributed by atoms with Crippen LogP contribution in [0.3, 0.4) is 0 Å². The molecule has 0 aliphatic carbocycles. The Hall–Kier alpha value is -2.77. The largest absolute Gasteiger partial charge is 0.338 e. The van der Waals surface area contributed by atoms with E-state index < -0.39 is 0 Å². The minimum atomic E-state index is -0.336. The number of hydrogen-bond acceptors (Lipinski definition) is 3. The number of carbonyl (C=O) groups excluding carboxylic acids is 1. The molecule has 5 nitrogen and oxygen atoms in total. The van der Waals surface area contributed by atoms with E-state index in [0.29, 0.717) is 23.0 Å². The zero-order chi connectivity index (χ0) is 25.2. The number of amides is 1. The van der Waals surface area contributed by atoms with E-state index in [2.05, 4.69) is 16.9 Å². The van der Waals surface area contributed by atoms with Crippen LogP contribution in [0.2, 0.25) is 5.02 Å². The zero-order valence-electron chi connectivity index (χ0n) is 20.5. The first-order valence-corrected chi connectivity index (χ1v) is 13.1. The van der Waals surface area contributed by atoms with Crippen molar-refractivity contribution < 1.29 is 13.6 Å². The van der Waals surface area contributed by atoms with E-state index in [4.69, 9.17) is 11.6 Å². The Kier molecular flexibility index (Phi) is 7.39. The van der Waals surface area contributed by atoms with E-state index in [1.807, 2.05) is 9.58 Å². The van der Waals surface area contributed by atoms with Gasteiger partial charge >= 0.3 is 0 Å². The lowest BCUT2D eigenvalue weighted by Crippen LogP contribution is -2.34. The first-order chi connectivity index (χ1) is 17.4. The van der Waals surface area contributed by atoms with Crippen LogP contribution in [0.1, 0.15) is 60.1 Å². The summed E-state index contributed by atoms with van der Waals surface area (Å²) in [5.74, 6) is 0.0816. The summed E-state index contributed by atoms with van der Waals surface area (Å²) in [6, 6.07) is 10.8. The average molecular weight is 513 g/mol. The Balaban J connectivity index is 1.38. The first-order valence-electron chi connectivity index (χ1n) is 12.7. The van der Waals surface area contributed by atoms with Crippen LogP contribution in [0.4, 0.5) is 8.78 Å². The summed E-state index contributed by atoms with van der Waals surface area (Å²) in [6.07, 6.45) is 5.49. The van der Waals surface area contributed by atoms with Crippen LogP contribution in [0.5, 0.6) is 0 Å². The van der Waals surface area contributed by atoms with Crippen molar-refractivity contribution in [2.45, 2.75) is 45.1 Å². The lowest BCUT2D eigenvalue weighted by Gasteiger charge is -2.33. The number of carbonyl (C=O) groups is 1. The molecule has 0 saturated carbocycles. The highest BCUT2D eigenvalue weighted by atomic mass is 35.5. The van der Waals surface area contributed by atoms with Crippen LogP contribution >= 0.6 is 11.6 Å². The van der Waals surface area contributed by atoms with Gasteiger partial charge in [-0.05, 0) is 80.2 Å². The van der Waals surface area contributed by atoms with Crippen molar-refractivity contribution in [3.05, 3.63) is 82.1 Å². The third-order valence-electron chi connectivity index (χ3n) is 7.64. The molecule has 2 saturated heterocycles. The van der Waals surface area contributed by atoms with E-state index >= 15 is 0 Å². The standard InChI is InChI=1S/C28H31ClF2N4O/c1-2-19-9-14-34(17-19)28(36)25-16-32-35(24-7-5-22(30)6-8-24)27(25)20-10-12-33(13-11-20)18-21-3-4-23(31)15-26(21)29/h3-8,15-16,19-20H,2,9-14,17-18H2,1H3/t19-/m0/s1. The van der Waals surface area contributed by atoms with Crippen LogP contribution in [0.25, 0.3) is 5.69 Å². The van der Waals surface area contributed by atoms with E-state index in [1.165, 1.54) is 24.3 Å². The average Bonchev–Trinajstić information content (AvgIpc) is 3.54. The Morgan fingerprint density at radius 2 is 1.75 bits per heavy atom. The third kappa shape index (κ3) is 5.18. The number of benzene rings is 2. The van der Waals surface area contributed by atoms with Gasteiger partial charge in [0, 0.05) is 30.6 Å². The molecular weight excluding hydrogens is 482 g/mol. The molecule has 1 atom stereocenters. The van der Waals surface area contributed by atoms with Gasteiger partial charge in [0.1, 0.15) is 11.6 Å². The predicted octanol–water partition coefficient (Wildman–Crippen LogP) is 6.06. The summed E-state index contributed by atoms with van der Waals surface area (Å²) >= 11 is 6.25. The zero-order valence-corrected chi connectivity index (χ0v) is 21.2. The molecule has 0 radical (unpaired) electrons.